The van der Waals surface area contributed by atoms with E-state index < -0.39 is 11.7 Å². The minimum atomic E-state index is -0.561. The van der Waals surface area contributed by atoms with E-state index in [0.717, 1.165) is 17.8 Å². The summed E-state index contributed by atoms with van der Waals surface area (Å²) >= 11 is 1.33. The second-order valence-electron chi connectivity index (χ2n) is 6.36. The molecule has 1 aliphatic rings. The van der Waals surface area contributed by atoms with Gasteiger partial charge in [-0.25, -0.2) is 4.39 Å². The van der Waals surface area contributed by atoms with Gasteiger partial charge >= 0.3 is 0 Å². The molecule has 1 aliphatic heterocycles. The summed E-state index contributed by atoms with van der Waals surface area (Å²) in [6.07, 6.45) is 1.79. The normalized spacial score (nSPS) is 17.0. The minimum Gasteiger partial charge on any atom is -0.300 e. The highest BCUT2D eigenvalue weighted by Gasteiger charge is 2.37. The number of rotatable bonds is 5. The van der Waals surface area contributed by atoms with Crippen LogP contribution >= 0.6 is 11.3 Å². The SMILES string of the molecule is CCCc1nnc(NC(=O)[C@@H]2CC(=O)N(c3n[nH]c4cccc(F)c34)C2)s1. The summed E-state index contributed by atoms with van der Waals surface area (Å²) < 4.78 is 14.2. The maximum Gasteiger partial charge on any atom is 0.231 e. The van der Waals surface area contributed by atoms with Crippen molar-refractivity contribution in [3.8, 4) is 0 Å². The van der Waals surface area contributed by atoms with Gasteiger partial charge in [-0.1, -0.05) is 24.3 Å². The number of aromatic nitrogens is 4. The first-order valence-corrected chi connectivity index (χ1v) is 9.44. The lowest BCUT2D eigenvalue weighted by Crippen LogP contribution is -2.28. The lowest BCUT2D eigenvalue weighted by molar-refractivity contribution is -0.122. The standard InChI is InChI=1S/C17H17FN6O2S/c1-2-4-12-21-23-17(27-12)19-16(26)9-7-13(25)24(8-9)15-14-10(18)5-3-6-11(14)20-22-15/h3,5-6,9H,2,4,7-8H2,1H3,(H,20,22)(H,19,23,26)/t9-/m1/s1. The summed E-state index contributed by atoms with van der Waals surface area (Å²) in [4.78, 5) is 26.3. The Balaban J connectivity index is 1.50. The lowest BCUT2D eigenvalue weighted by atomic mass is 10.1. The first kappa shape index (κ1) is 17.5. The van der Waals surface area contributed by atoms with E-state index in [2.05, 4.69) is 25.7 Å². The quantitative estimate of drug-likeness (QED) is 0.699. The number of nitrogens with zero attached hydrogens (tertiary/aromatic N) is 4. The summed E-state index contributed by atoms with van der Waals surface area (Å²) in [5, 5.41) is 19.0. The number of aryl methyl sites for hydroxylation is 1. The summed E-state index contributed by atoms with van der Waals surface area (Å²) in [5.74, 6) is -1.38. The highest BCUT2D eigenvalue weighted by molar-refractivity contribution is 7.15. The topological polar surface area (TPSA) is 104 Å². The number of hydrogen-bond donors (Lipinski definition) is 2. The molecule has 140 valence electrons. The molecule has 3 heterocycles. The van der Waals surface area contributed by atoms with Crippen molar-refractivity contribution in [2.75, 3.05) is 16.8 Å². The molecule has 0 saturated carbocycles. The van der Waals surface area contributed by atoms with Gasteiger partial charge in [0, 0.05) is 19.4 Å². The molecule has 1 saturated heterocycles. The van der Waals surface area contributed by atoms with Gasteiger partial charge in [0.05, 0.1) is 16.8 Å². The van der Waals surface area contributed by atoms with Crippen LogP contribution in [0.5, 0.6) is 0 Å². The van der Waals surface area contributed by atoms with Crippen molar-refractivity contribution in [1.82, 2.24) is 20.4 Å². The predicted octanol–water partition coefficient (Wildman–Crippen LogP) is 2.50. The molecular formula is C17H17FN6O2S. The summed E-state index contributed by atoms with van der Waals surface area (Å²) in [6, 6.07) is 4.56. The molecule has 1 fully saturated rings. The van der Waals surface area contributed by atoms with Crippen molar-refractivity contribution >= 4 is 45.0 Å². The minimum absolute atomic E-state index is 0.0370. The van der Waals surface area contributed by atoms with Crippen LogP contribution in [-0.4, -0.2) is 38.8 Å². The molecule has 0 bridgehead atoms. The summed E-state index contributed by atoms with van der Waals surface area (Å²) in [5.41, 5.74) is 0.503. The molecular weight excluding hydrogens is 371 g/mol. The lowest BCUT2D eigenvalue weighted by Gasteiger charge is -2.14. The Morgan fingerprint density at radius 2 is 2.30 bits per heavy atom. The number of halogens is 1. The van der Waals surface area contributed by atoms with Gasteiger partial charge in [0.1, 0.15) is 10.8 Å². The zero-order valence-corrected chi connectivity index (χ0v) is 15.3. The van der Waals surface area contributed by atoms with Crippen LogP contribution in [0.4, 0.5) is 15.3 Å². The van der Waals surface area contributed by atoms with Gasteiger partial charge in [0.2, 0.25) is 16.9 Å². The smallest absolute Gasteiger partial charge is 0.231 e. The van der Waals surface area contributed by atoms with Crippen LogP contribution in [0.25, 0.3) is 10.9 Å². The fraction of sp³-hybridized carbons (Fsp3) is 0.353. The molecule has 2 aromatic heterocycles. The molecule has 2 amide bonds. The van der Waals surface area contributed by atoms with Crippen molar-refractivity contribution < 1.29 is 14.0 Å². The van der Waals surface area contributed by atoms with E-state index in [1.807, 2.05) is 6.92 Å². The van der Waals surface area contributed by atoms with Crippen molar-refractivity contribution in [3.05, 3.63) is 29.0 Å². The van der Waals surface area contributed by atoms with Gasteiger partial charge in [-0.3, -0.25) is 19.6 Å². The molecule has 3 aromatic rings. The van der Waals surface area contributed by atoms with Gasteiger partial charge in [-0.15, -0.1) is 10.2 Å². The van der Waals surface area contributed by atoms with E-state index in [1.165, 1.54) is 22.3 Å². The molecule has 2 N–H and O–H groups in total. The van der Waals surface area contributed by atoms with Crippen LogP contribution in [0.15, 0.2) is 18.2 Å². The number of hydrogen-bond acceptors (Lipinski definition) is 6. The maximum atomic E-state index is 14.2. The van der Waals surface area contributed by atoms with E-state index in [9.17, 15) is 14.0 Å². The predicted molar refractivity (Wildman–Crippen MR) is 99.0 cm³/mol. The summed E-state index contributed by atoms with van der Waals surface area (Å²) in [6.45, 7) is 2.18. The van der Waals surface area contributed by atoms with E-state index in [0.29, 0.717) is 10.6 Å². The van der Waals surface area contributed by atoms with E-state index in [-0.39, 0.29) is 36.0 Å². The van der Waals surface area contributed by atoms with Gasteiger partial charge in [-0.05, 0) is 18.6 Å². The highest BCUT2D eigenvalue weighted by atomic mass is 32.1. The fourth-order valence-corrected chi connectivity index (χ4v) is 3.97. The Kier molecular flexibility index (Phi) is 4.56. The average molecular weight is 388 g/mol. The number of amides is 2. The van der Waals surface area contributed by atoms with Crippen molar-refractivity contribution in [3.63, 3.8) is 0 Å². The number of anilines is 2. The number of carbonyl (C=O) groups is 2. The summed E-state index contributed by atoms with van der Waals surface area (Å²) in [7, 11) is 0. The number of carbonyl (C=O) groups excluding carboxylic acids is 2. The third kappa shape index (κ3) is 3.27. The molecule has 1 aromatic carbocycles. The van der Waals surface area contributed by atoms with Crippen LogP contribution in [-0.2, 0) is 16.0 Å². The maximum absolute atomic E-state index is 14.2. The monoisotopic (exact) mass is 388 g/mol. The van der Waals surface area contributed by atoms with Crippen molar-refractivity contribution in [2.24, 2.45) is 5.92 Å². The van der Waals surface area contributed by atoms with Crippen LogP contribution in [0.2, 0.25) is 0 Å². The third-order valence-corrected chi connectivity index (χ3v) is 5.33. The molecule has 8 nitrogen and oxygen atoms in total. The van der Waals surface area contributed by atoms with Crippen molar-refractivity contribution in [2.45, 2.75) is 26.2 Å². The van der Waals surface area contributed by atoms with Gasteiger partial charge < -0.3 is 5.32 Å². The first-order chi connectivity index (χ1) is 13.1. The number of benzene rings is 1. The molecule has 0 aliphatic carbocycles. The van der Waals surface area contributed by atoms with E-state index >= 15 is 0 Å². The molecule has 1 atom stereocenters. The number of H-pyrrole nitrogens is 1. The Morgan fingerprint density at radius 3 is 3.11 bits per heavy atom. The third-order valence-electron chi connectivity index (χ3n) is 4.43. The molecule has 0 unspecified atom stereocenters. The van der Waals surface area contributed by atoms with E-state index in [1.54, 1.807) is 12.1 Å². The number of fused-ring (bicyclic) bond motifs is 1. The second kappa shape index (κ2) is 7.03. The highest BCUT2D eigenvalue weighted by Crippen LogP contribution is 2.31. The van der Waals surface area contributed by atoms with Gasteiger partial charge in [0.25, 0.3) is 0 Å². The van der Waals surface area contributed by atoms with Crippen LogP contribution in [0.3, 0.4) is 0 Å². The molecule has 27 heavy (non-hydrogen) atoms. The molecule has 0 spiro atoms. The number of aromatic amines is 1. The van der Waals surface area contributed by atoms with Crippen LogP contribution in [0.1, 0.15) is 24.8 Å². The largest absolute Gasteiger partial charge is 0.300 e. The molecule has 4 rings (SSSR count). The molecule has 0 radical (unpaired) electrons. The fourth-order valence-electron chi connectivity index (χ4n) is 3.12. The number of nitrogens with one attached hydrogen (secondary N) is 2. The Morgan fingerprint density at radius 1 is 1.44 bits per heavy atom. The van der Waals surface area contributed by atoms with Crippen LogP contribution < -0.4 is 10.2 Å². The zero-order valence-electron chi connectivity index (χ0n) is 14.5. The first-order valence-electron chi connectivity index (χ1n) is 8.63. The van der Waals surface area contributed by atoms with E-state index in [4.69, 9.17) is 0 Å². The zero-order chi connectivity index (χ0) is 19.0. The Hall–Kier alpha value is -2.88. The van der Waals surface area contributed by atoms with Crippen LogP contribution in [0, 0.1) is 11.7 Å². The Labute approximate surface area is 157 Å². The van der Waals surface area contributed by atoms with Gasteiger partial charge in [-0.2, -0.15) is 5.10 Å². The Bertz CT molecular complexity index is 1020. The molecule has 10 heteroatoms. The average Bonchev–Trinajstić information content (AvgIpc) is 3.34. The van der Waals surface area contributed by atoms with Gasteiger partial charge in [0.15, 0.2) is 5.82 Å². The second-order valence-corrected chi connectivity index (χ2v) is 7.42. The van der Waals surface area contributed by atoms with Crippen molar-refractivity contribution in [1.29, 1.82) is 0 Å².